The van der Waals surface area contributed by atoms with E-state index in [-0.39, 0.29) is 55.6 Å². The number of benzene rings is 3. The van der Waals surface area contributed by atoms with E-state index >= 15 is 0 Å². The summed E-state index contributed by atoms with van der Waals surface area (Å²) in [6.45, 7) is 1.41. The lowest BCUT2D eigenvalue weighted by atomic mass is 9.96. The van der Waals surface area contributed by atoms with E-state index in [4.69, 9.17) is 8.83 Å². The van der Waals surface area contributed by atoms with E-state index in [1.807, 2.05) is 6.07 Å². The molecule has 0 radical (unpaired) electrons. The molecule has 0 atom stereocenters. The summed E-state index contributed by atoms with van der Waals surface area (Å²) >= 11 is 0. The van der Waals surface area contributed by atoms with Gasteiger partial charge in [-0.3, -0.25) is 0 Å². The monoisotopic (exact) mass is 595 g/mol. The Morgan fingerprint density at radius 2 is 1.05 bits per heavy atom. The summed E-state index contributed by atoms with van der Waals surface area (Å²) in [6.07, 6.45) is -9.90. The van der Waals surface area contributed by atoms with Crippen LogP contribution in [0.5, 0.6) is 11.5 Å². The number of hydrogen-bond acceptors (Lipinski definition) is 9. The summed E-state index contributed by atoms with van der Waals surface area (Å²) in [4.78, 5) is 8.70. The smallest absolute Gasteiger partial charge is 0.435 e. The van der Waals surface area contributed by atoms with Crippen molar-refractivity contribution in [2.45, 2.75) is 19.6 Å². The minimum atomic E-state index is -4.95. The molecular formula is C28H11F6N5O4. The molecule has 0 spiro atoms. The van der Waals surface area contributed by atoms with E-state index in [2.05, 4.69) is 19.4 Å². The lowest BCUT2D eigenvalue weighted by molar-refractivity contribution is -0.275. The van der Waals surface area contributed by atoms with Gasteiger partial charge in [-0.05, 0) is 42.3 Å². The maximum atomic E-state index is 12.7. The second-order valence-corrected chi connectivity index (χ2v) is 8.62. The van der Waals surface area contributed by atoms with Gasteiger partial charge in [0.25, 0.3) is 0 Å². The van der Waals surface area contributed by atoms with Crippen LogP contribution in [0.3, 0.4) is 0 Å². The Morgan fingerprint density at radius 3 is 1.42 bits per heavy atom. The van der Waals surface area contributed by atoms with Gasteiger partial charge in [0.1, 0.15) is 40.7 Å². The SMILES string of the molecule is C/C(C#N)=c1\nc2c(-c3ccc(OC(F)(F)F)cc3)c3oc(=C(C#N)C#N)nc3c(-c3ccc(OC(F)(F)F)cc3)c2o1. The zero-order valence-electron chi connectivity index (χ0n) is 21.3. The van der Waals surface area contributed by atoms with Gasteiger partial charge in [0.2, 0.25) is 11.1 Å². The molecule has 0 aliphatic carbocycles. The number of alkyl halides is 6. The lowest BCUT2D eigenvalue weighted by Gasteiger charge is -2.12. The minimum Gasteiger partial charge on any atom is -0.435 e. The summed E-state index contributed by atoms with van der Waals surface area (Å²) in [5, 5.41) is 28.3. The highest BCUT2D eigenvalue weighted by atomic mass is 19.4. The highest BCUT2D eigenvalue weighted by molar-refractivity contribution is 6.15. The highest BCUT2D eigenvalue weighted by Gasteiger charge is 2.32. The summed E-state index contributed by atoms with van der Waals surface area (Å²) in [7, 11) is 0. The molecule has 0 aliphatic heterocycles. The molecule has 0 aliphatic rings. The van der Waals surface area contributed by atoms with Crippen LogP contribution in [-0.4, -0.2) is 22.7 Å². The second kappa shape index (κ2) is 10.4. The third-order valence-electron chi connectivity index (χ3n) is 5.86. The van der Waals surface area contributed by atoms with Crippen LogP contribution in [0.1, 0.15) is 6.92 Å². The van der Waals surface area contributed by atoms with E-state index in [0.717, 1.165) is 24.3 Å². The Kier molecular flexibility index (Phi) is 6.92. The highest BCUT2D eigenvalue weighted by Crippen LogP contribution is 2.42. The van der Waals surface area contributed by atoms with Crippen LogP contribution in [0, 0.1) is 34.0 Å². The number of oxazole rings is 2. The number of aromatic nitrogens is 2. The number of hydrogen-bond donors (Lipinski definition) is 0. The summed E-state index contributed by atoms with van der Waals surface area (Å²) in [5.41, 5.74) is -0.470. The fourth-order valence-electron chi connectivity index (χ4n) is 4.15. The fourth-order valence-corrected chi connectivity index (χ4v) is 4.15. The Bertz CT molecular complexity index is 2010. The van der Waals surface area contributed by atoms with Gasteiger partial charge in [-0.15, -0.1) is 26.3 Å². The molecule has 43 heavy (non-hydrogen) atoms. The number of nitrogens with zero attached hydrogens (tertiary/aromatic N) is 5. The molecule has 0 unspecified atom stereocenters. The van der Waals surface area contributed by atoms with Gasteiger partial charge in [-0.2, -0.15) is 15.8 Å². The van der Waals surface area contributed by atoms with E-state index in [9.17, 15) is 42.1 Å². The van der Waals surface area contributed by atoms with Crippen molar-refractivity contribution in [1.29, 1.82) is 15.8 Å². The van der Waals surface area contributed by atoms with Crippen molar-refractivity contribution in [3.8, 4) is 52.0 Å². The molecular weight excluding hydrogens is 584 g/mol. The van der Waals surface area contributed by atoms with Gasteiger partial charge in [0.15, 0.2) is 16.7 Å². The van der Waals surface area contributed by atoms with Crippen molar-refractivity contribution in [3.05, 3.63) is 59.6 Å². The standard InChI is InChI=1S/C28H11F6N5O4/c1-13(10-35)25-38-21-19(14-2-6-17(7-3-14)42-27(29,30)31)24-22(39-26(41-24)16(11-36)12-37)20(23(21)40-25)15-4-8-18(9-5-15)43-28(32,33)34/h2-9H,1H3/b25-13-. The minimum absolute atomic E-state index is 0.0254. The molecule has 0 saturated heterocycles. The lowest BCUT2D eigenvalue weighted by Crippen LogP contribution is -2.17. The molecule has 214 valence electrons. The summed E-state index contributed by atoms with van der Waals surface area (Å²) in [6, 6.07) is 14.3. The van der Waals surface area contributed by atoms with Crippen LogP contribution in [0.25, 0.3) is 55.6 Å². The van der Waals surface area contributed by atoms with Crippen LogP contribution in [0.15, 0.2) is 57.4 Å². The van der Waals surface area contributed by atoms with Crippen LogP contribution in [0.4, 0.5) is 26.3 Å². The van der Waals surface area contributed by atoms with Gasteiger partial charge in [-0.25, -0.2) is 9.97 Å². The largest absolute Gasteiger partial charge is 0.573 e. The van der Waals surface area contributed by atoms with Gasteiger partial charge >= 0.3 is 12.7 Å². The Labute approximate surface area is 235 Å². The Balaban J connectivity index is 1.89. The van der Waals surface area contributed by atoms with Crippen molar-refractivity contribution < 1.29 is 44.7 Å². The van der Waals surface area contributed by atoms with E-state index < -0.39 is 35.3 Å². The molecule has 3 aromatic carbocycles. The predicted molar refractivity (Wildman–Crippen MR) is 134 cm³/mol. The maximum absolute atomic E-state index is 12.7. The molecule has 0 saturated carbocycles. The van der Waals surface area contributed by atoms with Crippen molar-refractivity contribution in [2.24, 2.45) is 0 Å². The average Bonchev–Trinajstić information content (AvgIpc) is 3.56. The van der Waals surface area contributed by atoms with Crippen molar-refractivity contribution in [1.82, 2.24) is 9.97 Å². The van der Waals surface area contributed by atoms with E-state index in [1.54, 1.807) is 12.1 Å². The molecule has 5 rings (SSSR count). The third-order valence-corrected chi connectivity index (χ3v) is 5.86. The quantitative estimate of drug-likeness (QED) is 0.229. The molecule has 0 N–H and O–H groups in total. The molecule has 2 aromatic heterocycles. The number of nitriles is 3. The fraction of sp³-hybridized carbons (Fsp3) is 0.107. The third kappa shape index (κ3) is 5.62. The zero-order chi connectivity index (χ0) is 31.1. The normalized spacial score (nSPS) is 12.4. The van der Waals surface area contributed by atoms with Crippen LogP contribution in [-0.2, 0) is 0 Å². The predicted octanol–water partition coefficient (Wildman–Crippen LogP) is 5.99. The molecule has 0 fully saturated rings. The van der Waals surface area contributed by atoms with E-state index in [1.165, 1.54) is 31.2 Å². The van der Waals surface area contributed by atoms with Gasteiger partial charge in [-0.1, -0.05) is 24.3 Å². The summed E-state index contributed by atoms with van der Waals surface area (Å²) < 4.78 is 96.0. The average molecular weight is 595 g/mol. The number of halogens is 6. The van der Waals surface area contributed by atoms with Crippen LogP contribution in [0.2, 0.25) is 0 Å². The molecule has 9 nitrogen and oxygen atoms in total. The van der Waals surface area contributed by atoms with Crippen molar-refractivity contribution in [3.63, 3.8) is 0 Å². The summed E-state index contributed by atoms with van der Waals surface area (Å²) in [5.74, 6) is -1.06. The molecule has 2 heterocycles. The van der Waals surface area contributed by atoms with Gasteiger partial charge < -0.3 is 18.3 Å². The van der Waals surface area contributed by atoms with Gasteiger partial charge in [0.05, 0.1) is 16.7 Å². The molecule has 15 heteroatoms. The van der Waals surface area contributed by atoms with Crippen LogP contribution < -0.4 is 20.6 Å². The number of ether oxygens (including phenoxy) is 2. The molecule has 5 aromatic rings. The Morgan fingerprint density at radius 1 is 0.651 bits per heavy atom. The van der Waals surface area contributed by atoms with E-state index in [0.29, 0.717) is 0 Å². The topological polar surface area (TPSA) is 142 Å². The van der Waals surface area contributed by atoms with Crippen molar-refractivity contribution in [2.75, 3.05) is 0 Å². The Hall–Kier alpha value is -6.01. The second-order valence-electron chi connectivity index (χ2n) is 8.62. The first-order valence-electron chi connectivity index (χ1n) is 11.7. The van der Waals surface area contributed by atoms with Crippen molar-refractivity contribution >= 4 is 33.3 Å². The first-order valence-corrected chi connectivity index (χ1v) is 11.7. The van der Waals surface area contributed by atoms with Gasteiger partial charge in [0, 0.05) is 0 Å². The number of fused-ring (bicyclic) bond motifs is 2. The number of rotatable bonds is 4. The zero-order valence-corrected chi connectivity index (χ0v) is 21.3. The first-order chi connectivity index (χ1) is 20.3. The molecule has 0 bridgehead atoms. The first kappa shape index (κ1) is 28.5. The molecule has 0 amide bonds. The van der Waals surface area contributed by atoms with Crippen LogP contribution >= 0.6 is 0 Å². The maximum Gasteiger partial charge on any atom is 0.573 e.